The lowest BCUT2D eigenvalue weighted by Crippen LogP contribution is -2.55. The van der Waals surface area contributed by atoms with E-state index in [1.165, 1.54) is 5.56 Å². The topological polar surface area (TPSA) is 46.3 Å². The molecule has 3 aromatic rings. The molecule has 0 amide bonds. The second-order valence-electron chi connectivity index (χ2n) is 8.96. The van der Waals surface area contributed by atoms with E-state index >= 15 is 0 Å². The smallest absolute Gasteiger partial charge is 0.181 e. The Morgan fingerprint density at radius 3 is 2.15 bits per heavy atom. The first-order valence-electron chi connectivity index (χ1n) is 11.6. The van der Waals surface area contributed by atoms with Gasteiger partial charge in [0.1, 0.15) is 0 Å². The predicted molar refractivity (Wildman–Crippen MR) is 137 cm³/mol. The lowest BCUT2D eigenvalue weighted by Gasteiger charge is -2.39. The Balaban J connectivity index is 1.49. The summed E-state index contributed by atoms with van der Waals surface area (Å²) in [7, 11) is 0. The minimum Gasteiger partial charge on any atom is -0.326 e. The molecule has 4 rings (SSSR count). The van der Waals surface area contributed by atoms with Crippen molar-refractivity contribution in [2.45, 2.75) is 37.8 Å². The van der Waals surface area contributed by atoms with Crippen LogP contribution in [0.5, 0.6) is 0 Å². The Hall–Kier alpha value is -2.17. The molecule has 3 nitrogen and oxygen atoms in total. The summed E-state index contributed by atoms with van der Waals surface area (Å²) in [5.41, 5.74) is 9.80. The van der Waals surface area contributed by atoms with E-state index in [0.717, 1.165) is 37.9 Å². The van der Waals surface area contributed by atoms with Crippen LogP contribution < -0.4 is 5.73 Å². The number of halogens is 2. The highest BCUT2D eigenvalue weighted by atomic mass is 35.5. The quantitative estimate of drug-likeness (QED) is 0.398. The van der Waals surface area contributed by atoms with Crippen LogP contribution in [0.4, 0.5) is 0 Å². The van der Waals surface area contributed by atoms with E-state index in [0.29, 0.717) is 27.9 Å². The molecule has 172 valence electrons. The highest BCUT2D eigenvalue weighted by molar-refractivity contribution is 6.42. The van der Waals surface area contributed by atoms with E-state index in [9.17, 15) is 4.79 Å². The Kier molecular flexibility index (Phi) is 8.21. The van der Waals surface area contributed by atoms with Crippen molar-refractivity contribution in [1.29, 1.82) is 0 Å². The number of benzene rings is 3. The van der Waals surface area contributed by atoms with Gasteiger partial charge in [-0.1, -0.05) is 89.9 Å². The second kappa shape index (κ2) is 11.3. The lowest BCUT2D eigenvalue weighted by atomic mass is 9.86. The van der Waals surface area contributed by atoms with Crippen LogP contribution in [0.15, 0.2) is 78.9 Å². The van der Waals surface area contributed by atoms with Crippen LogP contribution in [0.3, 0.4) is 0 Å². The summed E-state index contributed by atoms with van der Waals surface area (Å²) in [6, 6.07) is 25.0. The maximum absolute atomic E-state index is 13.6. The number of Topliss-reactive ketones (excluding diaryl/α,β-unsaturated/α-hetero) is 1. The second-order valence-corrected chi connectivity index (χ2v) is 9.78. The molecule has 0 aliphatic carbocycles. The van der Waals surface area contributed by atoms with Gasteiger partial charge in [0.25, 0.3) is 0 Å². The third kappa shape index (κ3) is 6.24. The van der Waals surface area contributed by atoms with Crippen LogP contribution in [-0.4, -0.2) is 35.9 Å². The highest BCUT2D eigenvalue weighted by Crippen LogP contribution is 2.27. The van der Waals surface area contributed by atoms with Gasteiger partial charge in [-0.05, 0) is 68.0 Å². The van der Waals surface area contributed by atoms with Crippen molar-refractivity contribution in [3.63, 3.8) is 0 Å². The normalized spacial score (nSPS) is 16.9. The molecule has 2 unspecified atom stereocenters. The maximum Gasteiger partial charge on any atom is 0.181 e. The van der Waals surface area contributed by atoms with Gasteiger partial charge in [0, 0.05) is 11.6 Å². The van der Waals surface area contributed by atoms with Crippen molar-refractivity contribution in [2.24, 2.45) is 11.7 Å². The standard InChI is InChI=1S/C28H30Cl2N2O/c29-24-12-11-22(18-25(24)30)19-26(31)27(28(33)23-9-5-2-6-10-23)32-15-13-21(14-16-32)17-20-7-3-1-4-8-20/h1-12,18,21,26-27H,13-17,19,31H2. The molecule has 1 fully saturated rings. The Labute approximate surface area is 206 Å². The van der Waals surface area contributed by atoms with Gasteiger partial charge >= 0.3 is 0 Å². The molecule has 0 saturated carbocycles. The van der Waals surface area contributed by atoms with Crippen LogP contribution in [0, 0.1) is 5.92 Å². The zero-order chi connectivity index (χ0) is 23.2. The van der Waals surface area contributed by atoms with Gasteiger partial charge in [-0.2, -0.15) is 0 Å². The number of carbonyl (C=O) groups is 1. The van der Waals surface area contributed by atoms with Crippen LogP contribution in [-0.2, 0) is 12.8 Å². The zero-order valence-corrected chi connectivity index (χ0v) is 20.2. The summed E-state index contributed by atoms with van der Waals surface area (Å²) in [5.74, 6) is 0.715. The summed E-state index contributed by atoms with van der Waals surface area (Å²) in [6.45, 7) is 1.74. The van der Waals surface area contributed by atoms with Gasteiger partial charge in [0.2, 0.25) is 0 Å². The largest absolute Gasteiger partial charge is 0.326 e. The molecular weight excluding hydrogens is 451 g/mol. The summed E-state index contributed by atoms with van der Waals surface area (Å²) in [4.78, 5) is 15.9. The first-order valence-corrected chi connectivity index (χ1v) is 12.3. The molecule has 1 heterocycles. The Bertz CT molecular complexity index is 1050. The third-order valence-electron chi connectivity index (χ3n) is 6.60. The van der Waals surface area contributed by atoms with Gasteiger partial charge in [-0.25, -0.2) is 0 Å². The molecule has 0 bridgehead atoms. The van der Waals surface area contributed by atoms with Gasteiger partial charge in [-0.3, -0.25) is 9.69 Å². The first kappa shape index (κ1) is 24.0. The van der Waals surface area contributed by atoms with Gasteiger partial charge in [0.05, 0.1) is 16.1 Å². The number of nitrogens with two attached hydrogens (primary N) is 1. The monoisotopic (exact) mass is 480 g/mol. The Morgan fingerprint density at radius 1 is 0.879 bits per heavy atom. The number of hydrogen-bond acceptors (Lipinski definition) is 3. The number of rotatable bonds is 8. The maximum atomic E-state index is 13.6. The number of ketones is 1. The molecule has 2 N–H and O–H groups in total. The lowest BCUT2D eigenvalue weighted by molar-refractivity contribution is 0.0690. The molecule has 1 aliphatic heterocycles. The van der Waals surface area contributed by atoms with Crippen LogP contribution in [0.25, 0.3) is 0 Å². The van der Waals surface area contributed by atoms with Gasteiger partial charge in [-0.15, -0.1) is 0 Å². The third-order valence-corrected chi connectivity index (χ3v) is 7.34. The first-order chi connectivity index (χ1) is 16.0. The summed E-state index contributed by atoms with van der Waals surface area (Å²) < 4.78 is 0. The van der Waals surface area contributed by atoms with E-state index in [-0.39, 0.29) is 17.9 Å². The van der Waals surface area contributed by atoms with Gasteiger partial charge in [0.15, 0.2) is 5.78 Å². The SMILES string of the molecule is NC(Cc1ccc(Cl)c(Cl)c1)C(C(=O)c1ccccc1)N1CCC(Cc2ccccc2)CC1. The molecule has 1 saturated heterocycles. The zero-order valence-electron chi connectivity index (χ0n) is 18.7. The summed E-state index contributed by atoms with van der Waals surface area (Å²) >= 11 is 12.3. The van der Waals surface area contributed by atoms with Crippen molar-refractivity contribution < 1.29 is 4.79 Å². The molecule has 5 heteroatoms. The molecule has 33 heavy (non-hydrogen) atoms. The number of hydrogen-bond donors (Lipinski definition) is 1. The molecule has 2 atom stereocenters. The molecular formula is C28H30Cl2N2O. The average Bonchev–Trinajstić information content (AvgIpc) is 2.84. The van der Waals surface area contributed by atoms with Crippen LogP contribution in [0.2, 0.25) is 10.0 Å². The van der Waals surface area contributed by atoms with Crippen LogP contribution in [0.1, 0.15) is 34.3 Å². The molecule has 0 spiro atoms. The summed E-state index contributed by atoms with van der Waals surface area (Å²) in [5, 5.41) is 1.03. The average molecular weight is 481 g/mol. The fourth-order valence-electron chi connectivity index (χ4n) is 4.84. The van der Waals surface area contributed by atoms with Crippen molar-refractivity contribution in [3.05, 3.63) is 106 Å². The van der Waals surface area contributed by atoms with E-state index in [4.69, 9.17) is 28.9 Å². The van der Waals surface area contributed by atoms with E-state index in [1.54, 1.807) is 6.07 Å². The number of likely N-dealkylation sites (tertiary alicyclic amines) is 1. The van der Waals surface area contributed by atoms with Crippen molar-refractivity contribution >= 4 is 29.0 Å². The van der Waals surface area contributed by atoms with Crippen molar-refractivity contribution in [3.8, 4) is 0 Å². The number of nitrogens with zero attached hydrogens (tertiary/aromatic N) is 1. The van der Waals surface area contributed by atoms with E-state index < -0.39 is 0 Å². The molecule has 0 radical (unpaired) electrons. The van der Waals surface area contributed by atoms with E-state index in [1.807, 2.05) is 42.5 Å². The Morgan fingerprint density at radius 2 is 1.52 bits per heavy atom. The minimum absolute atomic E-state index is 0.0877. The van der Waals surface area contributed by atoms with Gasteiger partial charge < -0.3 is 5.73 Å². The number of piperidine rings is 1. The number of carbonyl (C=O) groups excluding carboxylic acids is 1. The van der Waals surface area contributed by atoms with Crippen molar-refractivity contribution in [2.75, 3.05) is 13.1 Å². The molecule has 3 aromatic carbocycles. The van der Waals surface area contributed by atoms with Crippen LogP contribution >= 0.6 is 23.2 Å². The fraction of sp³-hybridized carbons (Fsp3) is 0.321. The molecule has 0 aromatic heterocycles. The van der Waals surface area contributed by atoms with E-state index in [2.05, 4.69) is 35.2 Å². The fourth-order valence-corrected chi connectivity index (χ4v) is 5.16. The molecule has 1 aliphatic rings. The minimum atomic E-state index is -0.375. The van der Waals surface area contributed by atoms with Crippen molar-refractivity contribution in [1.82, 2.24) is 4.90 Å². The highest BCUT2D eigenvalue weighted by Gasteiger charge is 2.34. The predicted octanol–water partition coefficient (Wildman–Crippen LogP) is 6.07. The summed E-state index contributed by atoms with van der Waals surface area (Å²) in [6.07, 6.45) is 3.77.